The molecule has 0 aliphatic carbocycles. The summed E-state index contributed by atoms with van der Waals surface area (Å²) in [6.45, 7) is 0.403. The highest BCUT2D eigenvalue weighted by Gasteiger charge is 2.02. The topological polar surface area (TPSA) is 12.0 Å². The molecule has 0 fully saturated rings. The fraction of sp³-hybridized carbons (Fsp3) is 0.0769. The Morgan fingerprint density at radius 1 is 0.889 bits per heavy atom. The average Bonchev–Trinajstić information content (AvgIpc) is 2.29. The van der Waals surface area contributed by atoms with Crippen molar-refractivity contribution in [1.82, 2.24) is 0 Å². The van der Waals surface area contributed by atoms with Gasteiger partial charge in [0.1, 0.15) is 11.6 Å². The highest BCUT2D eigenvalue weighted by Crippen LogP contribution is 2.23. The summed E-state index contributed by atoms with van der Waals surface area (Å²) in [7, 11) is 0. The van der Waals surface area contributed by atoms with Crippen molar-refractivity contribution in [3.8, 4) is 0 Å². The molecule has 0 saturated heterocycles. The summed E-state index contributed by atoms with van der Waals surface area (Å²) in [6.07, 6.45) is 0. The molecule has 0 atom stereocenters. The molecule has 1 nitrogen and oxygen atoms in total. The van der Waals surface area contributed by atoms with Crippen LogP contribution >= 0.6 is 23.2 Å². The molecular formula is C13H9Cl2F2N. The summed E-state index contributed by atoms with van der Waals surface area (Å²) in [5.74, 6) is -1.24. The van der Waals surface area contributed by atoms with Gasteiger partial charge in [-0.05, 0) is 29.8 Å². The van der Waals surface area contributed by atoms with E-state index < -0.39 is 11.6 Å². The third-order valence-electron chi connectivity index (χ3n) is 2.34. The van der Waals surface area contributed by atoms with Gasteiger partial charge in [-0.25, -0.2) is 8.78 Å². The molecule has 2 rings (SSSR count). The van der Waals surface area contributed by atoms with Crippen molar-refractivity contribution in [2.24, 2.45) is 0 Å². The largest absolute Gasteiger partial charge is 0.381 e. The first-order chi connectivity index (χ1) is 8.54. The molecule has 2 aromatic carbocycles. The lowest BCUT2D eigenvalue weighted by atomic mass is 10.2. The quantitative estimate of drug-likeness (QED) is 0.848. The number of hydrogen-bond acceptors (Lipinski definition) is 1. The zero-order valence-corrected chi connectivity index (χ0v) is 10.7. The monoisotopic (exact) mass is 287 g/mol. The number of rotatable bonds is 3. The summed E-state index contributed by atoms with van der Waals surface area (Å²) in [5.41, 5.74) is 1.24. The van der Waals surface area contributed by atoms with Gasteiger partial charge in [-0.15, -0.1) is 0 Å². The molecule has 1 N–H and O–H groups in total. The SMILES string of the molecule is Fc1cc(F)cc(NCc2ccc(Cl)c(Cl)c2)c1. The van der Waals surface area contributed by atoms with Gasteiger partial charge in [0.25, 0.3) is 0 Å². The molecule has 0 aliphatic rings. The summed E-state index contributed by atoms with van der Waals surface area (Å²) in [5, 5.41) is 3.82. The van der Waals surface area contributed by atoms with E-state index in [1.165, 1.54) is 12.1 Å². The lowest BCUT2D eigenvalue weighted by Gasteiger charge is -2.07. The second kappa shape index (κ2) is 5.55. The van der Waals surface area contributed by atoms with E-state index in [0.29, 0.717) is 22.3 Å². The van der Waals surface area contributed by atoms with Crippen LogP contribution in [0.2, 0.25) is 10.0 Å². The van der Waals surface area contributed by atoms with Gasteiger partial charge < -0.3 is 5.32 Å². The van der Waals surface area contributed by atoms with Crippen LogP contribution in [-0.2, 0) is 6.54 Å². The van der Waals surface area contributed by atoms with Crippen LogP contribution in [0.3, 0.4) is 0 Å². The highest BCUT2D eigenvalue weighted by atomic mass is 35.5. The third kappa shape index (κ3) is 3.34. The van der Waals surface area contributed by atoms with Crippen LogP contribution < -0.4 is 5.32 Å². The average molecular weight is 288 g/mol. The number of benzene rings is 2. The Labute approximate surface area is 113 Å². The zero-order valence-electron chi connectivity index (χ0n) is 9.18. The number of anilines is 1. The molecule has 0 heterocycles. The first kappa shape index (κ1) is 13.1. The lowest BCUT2D eigenvalue weighted by molar-refractivity contribution is 0.584. The van der Waals surface area contributed by atoms with E-state index in [1.807, 2.05) is 0 Å². The van der Waals surface area contributed by atoms with E-state index in [1.54, 1.807) is 18.2 Å². The standard InChI is InChI=1S/C13H9Cl2F2N/c14-12-2-1-8(3-13(12)15)7-18-11-5-9(16)4-10(17)6-11/h1-6,18H,7H2. The van der Waals surface area contributed by atoms with E-state index in [-0.39, 0.29) is 0 Å². The predicted molar refractivity (Wildman–Crippen MR) is 70.1 cm³/mol. The maximum atomic E-state index is 13.0. The van der Waals surface area contributed by atoms with E-state index in [0.717, 1.165) is 11.6 Å². The summed E-state index contributed by atoms with van der Waals surface area (Å²) < 4.78 is 25.9. The molecule has 0 bridgehead atoms. The molecule has 94 valence electrons. The van der Waals surface area contributed by atoms with Crippen molar-refractivity contribution in [2.75, 3.05) is 5.32 Å². The maximum Gasteiger partial charge on any atom is 0.128 e. The third-order valence-corrected chi connectivity index (χ3v) is 3.08. The van der Waals surface area contributed by atoms with Crippen molar-refractivity contribution in [3.63, 3.8) is 0 Å². The molecule has 18 heavy (non-hydrogen) atoms. The molecule has 0 spiro atoms. The van der Waals surface area contributed by atoms with Crippen molar-refractivity contribution in [2.45, 2.75) is 6.54 Å². The van der Waals surface area contributed by atoms with Gasteiger partial charge >= 0.3 is 0 Å². The van der Waals surface area contributed by atoms with Crippen LogP contribution in [0.4, 0.5) is 14.5 Å². The van der Waals surface area contributed by atoms with Gasteiger partial charge in [0.15, 0.2) is 0 Å². The Kier molecular flexibility index (Phi) is 4.04. The maximum absolute atomic E-state index is 13.0. The van der Waals surface area contributed by atoms with Crippen LogP contribution in [0.5, 0.6) is 0 Å². The summed E-state index contributed by atoms with van der Waals surface area (Å²) in [6, 6.07) is 8.43. The minimum absolute atomic E-state index is 0.374. The Bertz CT molecular complexity index is 553. The molecule has 0 amide bonds. The van der Waals surface area contributed by atoms with Crippen LogP contribution in [-0.4, -0.2) is 0 Å². The van der Waals surface area contributed by atoms with Crippen molar-refractivity contribution in [1.29, 1.82) is 0 Å². The second-order valence-electron chi connectivity index (χ2n) is 3.76. The Morgan fingerprint density at radius 2 is 1.56 bits per heavy atom. The second-order valence-corrected chi connectivity index (χ2v) is 4.57. The van der Waals surface area contributed by atoms with Crippen molar-refractivity contribution >= 4 is 28.9 Å². The fourth-order valence-electron chi connectivity index (χ4n) is 1.51. The normalized spacial score (nSPS) is 10.4. The van der Waals surface area contributed by atoms with Gasteiger partial charge in [0.2, 0.25) is 0 Å². The molecule has 0 saturated carbocycles. The molecule has 0 aromatic heterocycles. The Hall–Kier alpha value is -1.32. The fourth-order valence-corrected chi connectivity index (χ4v) is 1.83. The summed E-state index contributed by atoms with van der Waals surface area (Å²) >= 11 is 11.7. The van der Waals surface area contributed by atoms with E-state index in [4.69, 9.17) is 23.2 Å². The first-order valence-electron chi connectivity index (χ1n) is 5.18. The molecule has 2 aromatic rings. The number of hydrogen-bond donors (Lipinski definition) is 1. The van der Waals surface area contributed by atoms with Crippen LogP contribution in [0.15, 0.2) is 36.4 Å². The highest BCUT2D eigenvalue weighted by molar-refractivity contribution is 6.42. The van der Waals surface area contributed by atoms with Gasteiger partial charge in [-0.3, -0.25) is 0 Å². The minimum Gasteiger partial charge on any atom is -0.381 e. The van der Waals surface area contributed by atoms with E-state index in [2.05, 4.69) is 5.32 Å². The van der Waals surface area contributed by atoms with Gasteiger partial charge in [-0.1, -0.05) is 29.3 Å². The van der Waals surface area contributed by atoms with Gasteiger partial charge in [0, 0.05) is 18.3 Å². The number of nitrogens with one attached hydrogen (secondary N) is 1. The molecule has 0 unspecified atom stereocenters. The lowest BCUT2D eigenvalue weighted by Crippen LogP contribution is -2.00. The van der Waals surface area contributed by atoms with Crippen LogP contribution in [0.1, 0.15) is 5.56 Å². The van der Waals surface area contributed by atoms with Gasteiger partial charge in [0.05, 0.1) is 10.0 Å². The molecule has 5 heteroatoms. The minimum atomic E-state index is -0.619. The first-order valence-corrected chi connectivity index (χ1v) is 5.94. The molecule has 0 aliphatic heterocycles. The predicted octanol–water partition coefficient (Wildman–Crippen LogP) is 4.88. The smallest absolute Gasteiger partial charge is 0.128 e. The Morgan fingerprint density at radius 3 is 2.17 bits per heavy atom. The zero-order chi connectivity index (χ0) is 13.1. The van der Waals surface area contributed by atoms with E-state index in [9.17, 15) is 8.78 Å². The molecular weight excluding hydrogens is 279 g/mol. The summed E-state index contributed by atoms with van der Waals surface area (Å²) in [4.78, 5) is 0. The van der Waals surface area contributed by atoms with Crippen molar-refractivity contribution in [3.05, 3.63) is 63.6 Å². The van der Waals surface area contributed by atoms with Gasteiger partial charge in [-0.2, -0.15) is 0 Å². The van der Waals surface area contributed by atoms with E-state index >= 15 is 0 Å². The molecule has 0 radical (unpaired) electrons. The van der Waals surface area contributed by atoms with Crippen LogP contribution in [0.25, 0.3) is 0 Å². The van der Waals surface area contributed by atoms with Crippen LogP contribution in [0, 0.1) is 11.6 Å². The Balaban J connectivity index is 2.08. The number of halogens is 4. The van der Waals surface area contributed by atoms with Crippen molar-refractivity contribution < 1.29 is 8.78 Å².